The molecule has 0 aliphatic carbocycles. The van der Waals surface area contributed by atoms with Gasteiger partial charge in [0.15, 0.2) is 6.23 Å². The zero-order chi connectivity index (χ0) is 13.4. The Labute approximate surface area is 114 Å². The van der Waals surface area contributed by atoms with Crippen LogP contribution in [0, 0.1) is 3.57 Å². The predicted molar refractivity (Wildman–Crippen MR) is 67.0 cm³/mol. The van der Waals surface area contributed by atoms with Gasteiger partial charge in [0.05, 0.1) is 10.2 Å². The standard InChI is InChI=1S/C9H11IN2O6/c10-3-1-12(9(17)11-7(3)16)8-6(15)5(14)4(2-13)18-8/h1,4-6,8,13-15H,2H2,(H,11,16,17)/t4-,5-,6+,8-/m1/s1/i10-4. The molecule has 18 heavy (non-hydrogen) atoms. The summed E-state index contributed by atoms with van der Waals surface area (Å²) in [7, 11) is 0. The third-order valence-electron chi connectivity index (χ3n) is 2.72. The van der Waals surface area contributed by atoms with Gasteiger partial charge in [-0.2, -0.15) is 0 Å². The largest absolute Gasteiger partial charge is 0.394 e. The highest BCUT2D eigenvalue weighted by Crippen LogP contribution is 2.27. The number of nitrogens with one attached hydrogen (secondary N) is 1. The zero-order valence-electron chi connectivity index (χ0n) is 8.99. The zero-order valence-corrected chi connectivity index (χ0v) is 11.1. The van der Waals surface area contributed by atoms with Gasteiger partial charge in [0.1, 0.15) is 18.3 Å². The molecule has 1 aromatic rings. The SMILES string of the molecule is O=c1[nH]c(=O)n([C@@H]2O[C@H](CO)[C@@H](O)[C@@H]2O)cc1[123I]. The third-order valence-corrected chi connectivity index (χ3v) is 3.48. The number of hydrogen-bond donors (Lipinski definition) is 4. The summed E-state index contributed by atoms with van der Waals surface area (Å²) in [6, 6.07) is 0. The van der Waals surface area contributed by atoms with Crippen molar-refractivity contribution in [2.24, 2.45) is 0 Å². The highest BCUT2D eigenvalue weighted by atomic mass is 123. The summed E-state index contributed by atoms with van der Waals surface area (Å²) in [5, 5.41) is 28.3. The van der Waals surface area contributed by atoms with Crippen molar-refractivity contribution in [2.45, 2.75) is 24.5 Å². The number of H-pyrrole nitrogens is 1. The van der Waals surface area contributed by atoms with Crippen LogP contribution in [0.15, 0.2) is 15.8 Å². The number of aliphatic hydroxyl groups excluding tert-OH is 3. The Morgan fingerprint density at radius 2 is 2.06 bits per heavy atom. The van der Waals surface area contributed by atoms with E-state index in [0.29, 0.717) is 0 Å². The van der Waals surface area contributed by atoms with Crippen LogP contribution in [0.3, 0.4) is 0 Å². The number of rotatable bonds is 2. The van der Waals surface area contributed by atoms with Gasteiger partial charge in [-0.05, 0) is 22.6 Å². The van der Waals surface area contributed by atoms with Crippen LogP contribution in [-0.2, 0) is 4.74 Å². The normalized spacial score (nSPS) is 31.8. The summed E-state index contributed by atoms with van der Waals surface area (Å²) in [4.78, 5) is 24.9. The molecular weight excluding hydrogens is 355 g/mol. The molecule has 2 heterocycles. The molecule has 9 heteroatoms. The maximum atomic E-state index is 11.6. The first-order valence-electron chi connectivity index (χ1n) is 5.09. The molecule has 8 nitrogen and oxygen atoms in total. The lowest BCUT2D eigenvalue weighted by molar-refractivity contribution is -0.0551. The van der Waals surface area contributed by atoms with Crippen LogP contribution in [0.1, 0.15) is 6.23 Å². The second-order valence-corrected chi connectivity index (χ2v) is 5.03. The Balaban J connectivity index is 2.42. The summed E-state index contributed by atoms with van der Waals surface area (Å²) in [5.41, 5.74) is -1.29. The van der Waals surface area contributed by atoms with Gasteiger partial charge in [0.2, 0.25) is 0 Å². The molecule has 100 valence electrons. The molecule has 1 aliphatic heterocycles. The van der Waals surface area contributed by atoms with Crippen LogP contribution >= 0.6 is 22.6 Å². The maximum absolute atomic E-state index is 11.6. The van der Waals surface area contributed by atoms with Gasteiger partial charge >= 0.3 is 5.69 Å². The third kappa shape index (κ3) is 2.23. The fourth-order valence-electron chi connectivity index (χ4n) is 1.76. The van der Waals surface area contributed by atoms with Gasteiger partial charge in [0.25, 0.3) is 5.56 Å². The van der Waals surface area contributed by atoms with Gasteiger partial charge in [-0.3, -0.25) is 14.3 Å². The fraction of sp³-hybridized carbons (Fsp3) is 0.556. The van der Waals surface area contributed by atoms with Crippen LogP contribution in [0.2, 0.25) is 0 Å². The number of aromatic amines is 1. The predicted octanol–water partition coefficient (Wildman–Crippen LogP) is -2.25. The molecule has 1 aromatic heterocycles. The van der Waals surface area contributed by atoms with Gasteiger partial charge in [0, 0.05) is 6.20 Å². The topological polar surface area (TPSA) is 125 Å². The lowest BCUT2D eigenvalue weighted by atomic mass is 10.1. The molecule has 0 amide bonds. The molecular formula is C9H11IN2O6. The van der Waals surface area contributed by atoms with E-state index in [9.17, 15) is 19.8 Å². The number of halogens is 1. The molecule has 0 saturated carbocycles. The van der Waals surface area contributed by atoms with Crippen molar-refractivity contribution >= 4 is 22.6 Å². The molecule has 0 spiro atoms. The number of aliphatic hydroxyl groups is 3. The lowest BCUT2D eigenvalue weighted by Crippen LogP contribution is -2.38. The molecule has 0 aromatic carbocycles. The van der Waals surface area contributed by atoms with Crippen molar-refractivity contribution in [1.82, 2.24) is 9.55 Å². The highest BCUT2D eigenvalue weighted by Gasteiger charge is 2.43. The van der Waals surface area contributed by atoms with Crippen LogP contribution in [0.5, 0.6) is 0 Å². The van der Waals surface area contributed by atoms with E-state index in [-0.39, 0.29) is 3.57 Å². The summed E-state index contributed by atoms with van der Waals surface area (Å²) < 4.78 is 6.40. The van der Waals surface area contributed by atoms with Crippen molar-refractivity contribution in [3.8, 4) is 0 Å². The van der Waals surface area contributed by atoms with Crippen LogP contribution in [0.4, 0.5) is 0 Å². The second kappa shape index (κ2) is 5.09. The van der Waals surface area contributed by atoms with Crippen molar-refractivity contribution in [3.63, 3.8) is 0 Å². The van der Waals surface area contributed by atoms with Gasteiger partial charge < -0.3 is 20.1 Å². The quantitative estimate of drug-likeness (QED) is 0.439. The maximum Gasteiger partial charge on any atom is 0.330 e. The Hall–Kier alpha value is -0.750. The summed E-state index contributed by atoms with van der Waals surface area (Å²) in [6.45, 7) is -0.482. The van der Waals surface area contributed by atoms with Crippen molar-refractivity contribution in [2.75, 3.05) is 6.61 Å². The van der Waals surface area contributed by atoms with E-state index in [1.165, 1.54) is 6.20 Å². The van der Waals surface area contributed by atoms with E-state index in [1.54, 1.807) is 22.6 Å². The van der Waals surface area contributed by atoms with E-state index in [0.717, 1.165) is 4.57 Å². The Kier molecular flexibility index (Phi) is 3.87. The van der Waals surface area contributed by atoms with E-state index >= 15 is 0 Å². The molecule has 0 radical (unpaired) electrons. The molecule has 2 rings (SSSR count). The van der Waals surface area contributed by atoms with Crippen molar-refractivity contribution < 1.29 is 20.1 Å². The number of ether oxygens (including phenoxy) is 1. The van der Waals surface area contributed by atoms with Crippen LogP contribution in [-0.4, -0.2) is 49.8 Å². The first kappa shape index (κ1) is 13.7. The van der Waals surface area contributed by atoms with Crippen molar-refractivity contribution in [3.05, 3.63) is 30.6 Å². The van der Waals surface area contributed by atoms with Crippen LogP contribution in [0.25, 0.3) is 0 Å². The van der Waals surface area contributed by atoms with Gasteiger partial charge in [-0.1, -0.05) is 0 Å². The van der Waals surface area contributed by atoms with Gasteiger partial charge in [-0.15, -0.1) is 0 Å². The minimum Gasteiger partial charge on any atom is -0.394 e. The minimum absolute atomic E-state index is 0.241. The average molecular weight is 366 g/mol. The van der Waals surface area contributed by atoms with Gasteiger partial charge in [-0.25, -0.2) is 4.79 Å². The lowest BCUT2D eigenvalue weighted by Gasteiger charge is -2.17. The summed E-state index contributed by atoms with van der Waals surface area (Å²) in [6.07, 6.45) is -3.54. The monoisotopic (exact) mass is 366 g/mol. The molecule has 1 fully saturated rings. The Morgan fingerprint density at radius 3 is 2.61 bits per heavy atom. The van der Waals surface area contributed by atoms with E-state index in [4.69, 9.17) is 9.84 Å². The Bertz CT molecular complexity index is 555. The number of hydrogen-bond acceptors (Lipinski definition) is 6. The number of aromatic nitrogens is 2. The summed E-state index contributed by atoms with van der Waals surface area (Å²) in [5.74, 6) is 0. The van der Waals surface area contributed by atoms with E-state index in [2.05, 4.69) is 4.98 Å². The first-order valence-corrected chi connectivity index (χ1v) is 6.17. The number of nitrogens with zero attached hydrogens (tertiary/aromatic N) is 1. The van der Waals surface area contributed by atoms with E-state index < -0.39 is 42.4 Å². The molecule has 4 atom stereocenters. The molecule has 4 N–H and O–H groups in total. The minimum atomic E-state index is -1.36. The van der Waals surface area contributed by atoms with Crippen molar-refractivity contribution in [1.29, 1.82) is 0 Å². The smallest absolute Gasteiger partial charge is 0.330 e. The molecule has 1 aliphatic rings. The fourth-order valence-corrected chi connectivity index (χ4v) is 2.19. The second-order valence-electron chi connectivity index (χ2n) is 3.87. The average Bonchev–Trinajstić information content (AvgIpc) is 2.61. The molecule has 0 bridgehead atoms. The van der Waals surface area contributed by atoms with Crippen LogP contribution < -0.4 is 11.2 Å². The molecule has 1 saturated heterocycles. The van der Waals surface area contributed by atoms with E-state index in [1.807, 2.05) is 0 Å². The highest BCUT2D eigenvalue weighted by molar-refractivity contribution is 14.1. The summed E-state index contributed by atoms with van der Waals surface area (Å²) >= 11 is 1.73. The Morgan fingerprint density at radius 1 is 1.39 bits per heavy atom. The molecule has 0 unspecified atom stereocenters. The first-order chi connectivity index (χ1) is 8.45.